The molecule has 2 aromatic carbocycles. The third-order valence-electron chi connectivity index (χ3n) is 6.17. The summed E-state index contributed by atoms with van der Waals surface area (Å²) in [5.41, 5.74) is 1.62. The zero-order chi connectivity index (χ0) is 22.9. The Kier molecular flexibility index (Phi) is 5.69. The number of rotatable bonds is 6. The van der Waals surface area contributed by atoms with E-state index in [0.29, 0.717) is 37.2 Å². The van der Waals surface area contributed by atoms with Gasteiger partial charge in [-0.3, -0.25) is 19.3 Å². The molecule has 0 bridgehead atoms. The van der Waals surface area contributed by atoms with E-state index in [-0.39, 0.29) is 5.91 Å². The minimum absolute atomic E-state index is 0.123. The normalized spacial score (nSPS) is 19.1. The van der Waals surface area contributed by atoms with E-state index in [1.54, 1.807) is 29.2 Å². The Morgan fingerprint density at radius 2 is 1.84 bits per heavy atom. The van der Waals surface area contributed by atoms with Crippen molar-refractivity contribution in [2.45, 2.75) is 32.2 Å². The molecule has 1 saturated heterocycles. The van der Waals surface area contributed by atoms with E-state index in [1.165, 1.54) is 0 Å². The van der Waals surface area contributed by atoms with Gasteiger partial charge in [-0.2, -0.15) is 0 Å². The lowest BCUT2D eigenvalue weighted by Crippen LogP contribution is -2.43. The Hall–Kier alpha value is -3.68. The van der Waals surface area contributed by atoms with E-state index in [2.05, 4.69) is 10.6 Å². The van der Waals surface area contributed by atoms with Crippen LogP contribution in [0.15, 0.2) is 48.5 Å². The first-order chi connectivity index (χ1) is 15.4. The molecule has 8 heteroatoms. The average molecular weight is 434 g/mol. The lowest BCUT2D eigenvalue weighted by atomic mass is 9.92. The standard InChI is InChI=1S/C24H26N4O4/c1-3-27(4-2)21(30)17-9-7-10-18(14-17)25-20(29)15-28-22(31)24(26-23(28)32)13-12-16-8-5-6-11-19(16)24/h5-11,14H,3-4,12-13,15H2,1-2H3,(H,25,29)(H,26,32). The van der Waals surface area contributed by atoms with Crippen LogP contribution in [-0.4, -0.2) is 53.2 Å². The largest absolute Gasteiger partial charge is 0.339 e. The van der Waals surface area contributed by atoms with Crippen molar-refractivity contribution < 1.29 is 19.2 Å². The van der Waals surface area contributed by atoms with Crippen molar-refractivity contribution in [1.82, 2.24) is 15.1 Å². The van der Waals surface area contributed by atoms with E-state index in [4.69, 9.17) is 0 Å². The first-order valence-corrected chi connectivity index (χ1v) is 10.8. The van der Waals surface area contributed by atoms with E-state index in [0.717, 1.165) is 16.0 Å². The molecule has 2 N–H and O–H groups in total. The van der Waals surface area contributed by atoms with Crippen molar-refractivity contribution >= 4 is 29.4 Å². The summed E-state index contributed by atoms with van der Waals surface area (Å²) in [4.78, 5) is 53.6. The Balaban J connectivity index is 1.46. The van der Waals surface area contributed by atoms with Gasteiger partial charge in [0.1, 0.15) is 12.1 Å². The number of anilines is 1. The highest BCUT2D eigenvalue weighted by Gasteiger charge is 2.55. The summed E-state index contributed by atoms with van der Waals surface area (Å²) >= 11 is 0. The van der Waals surface area contributed by atoms with Crippen molar-refractivity contribution in [3.05, 3.63) is 65.2 Å². The number of amides is 5. The van der Waals surface area contributed by atoms with Crippen LogP contribution >= 0.6 is 0 Å². The lowest BCUT2D eigenvalue weighted by Gasteiger charge is -2.22. The number of imide groups is 1. The molecule has 1 spiro atoms. The third kappa shape index (κ3) is 3.62. The van der Waals surface area contributed by atoms with Crippen LogP contribution in [0.2, 0.25) is 0 Å². The number of carbonyl (C=O) groups excluding carboxylic acids is 4. The summed E-state index contributed by atoms with van der Waals surface area (Å²) in [5.74, 6) is -1.04. The highest BCUT2D eigenvalue weighted by molar-refractivity contribution is 6.11. The van der Waals surface area contributed by atoms with Gasteiger partial charge in [-0.15, -0.1) is 0 Å². The molecule has 1 aliphatic heterocycles. The van der Waals surface area contributed by atoms with Crippen LogP contribution in [0, 0.1) is 0 Å². The Morgan fingerprint density at radius 3 is 2.59 bits per heavy atom. The van der Waals surface area contributed by atoms with Gasteiger partial charge in [0.05, 0.1) is 0 Å². The highest BCUT2D eigenvalue weighted by atomic mass is 16.2. The van der Waals surface area contributed by atoms with Gasteiger partial charge in [0.2, 0.25) is 5.91 Å². The minimum Gasteiger partial charge on any atom is -0.339 e. The van der Waals surface area contributed by atoms with E-state index in [9.17, 15) is 19.2 Å². The molecular weight excluding hydrogens is 408 g/mol. The van der Waals surface area contributed by atoms with Crippen LogP contribution in [0.4, 0.5) is 10.5 Å². The summed E-state index contributed by atoms with van der Waals surface area (Å²) < 4.78 is 0. The molecule has 2 aliphatic rings. The van der Waals surface area contributed by atoms with Crippen molar-refractivity contribution in [2.75, 3.05) is 25.0 Å². The molecule has 1 fully saturated rings. The van der Waals surface area contributed by atoms with Gasteiger partial charge >= 0.3 is 6.03 Å². The van der Waals surface area contributed by atoms with E-state index >= 15 is 0 Å². The number of hydrogen-bond acceptors (Lipinski definition) is 4. The number of benzene rings is 2. The molecule has 5 amide bonds. The van der Waals surface area contributed by atoms with E-state index < -0.39 is 29.9 Å². The molecule has 2 aromatic rings. The molecule has 8 nitrogen and oxygen atoms in total. The van der Waals surface area contributed by atoms with Crippen LogP contribution < -0.4 is 10.6 Å². The molecule has 1 unspecified atom stereocenters. The van der Waals surface area contributed by atoms with Crippen molar-refractivity contribution in [1.29, 1.82) is 0 Å². The molecule has 0 aromatic heterocycles. The zero-order valence-electron chi connectivity index (χ0n) is 18.2. The summed E-state index contributed by atoms with van der Waals surface area (Å²) in [6, 6.07) is 13.6. The predicted molar refractivity (Wildman–Crippen MR) is 119 cm³/mol. The number of urea groups is 1. The second-order valence-corrected chi connectivity index (χ2v) is 7.99. The first kappa shape index (κ1) is 21.5. The lowest BCUT2D eigenvalue weighted by molar-refractivity contribution is -0.134. The molecule has 1 heterocycles. The molecule has 166 valence electrons. The number of nitrogens with one attached hydrogen (secondary N) is 2. The predicted octanol–water partition coefficient (Wildman–Crippen LogP) is 2.50. The van der Waals surface area contributed by atoms with Gasteiger partial charge in [-0.1, -0.05) is 30.3 Å². The fourth-order valence-corrected chi connectivity index (χ4v) is 4.50. The van der Waals surface area contributed by atoms with Crippen LogP contribution in [-0.2, 0) is 21.5 Å². The topological polar surface area (TPSA) is 98.8 Å². The molecular formula is C24H26N4O4. The maximum absolute atomic E-state index is 13.2. The number of nitrogens with zero attached hydrogens (tertiary/aromatic N) is 2. The van der Waals surface area contributed by atoms with Crippen molar-refractivity contribution in [3.63, 3.8) is 0 Å². The maximum atomic E-state index is 13.2. The Labute approximate surface area is 186 Å². The monoisotopic (exact) mass is 434 g/mol. The van der Waals surface area contributed by atoms with E-state index in [1.807, 2.05) is 38.1 Å². The fourth-order valence-electron chi connectivity index (χ4n) is 4.50. The first-order valence-electron chi connectivity index (χ1n) is 10.8. The quantitative estimate of drug-likeness (QED) is 0.683. The second kappa shape index (κ2) is 8.45. The average Bonchev–Trinajstić information content (AvgIpc) is 3.28. The number of aryl methyl sites for hydroxylation is 1. The van der Waals surface area contributed by atoms with Gasteiger partial charge in [0.15, 0.2) is 0 Å². The fraction of sp³-hybridized carbons (Fsp3) is 0.333. The van der Waals surface area contributed by atoms with Crippen LogP contribution in [0.5, 0.6) is 0 Å². The number of carbonyl (C=O) groups is 4. The third-order valence-corrected chi connectivity index (χ3v) is 6.17. The molecule has 0 saturated carbocycles. The van der Waals surface area contributed by atoms with Crippen molar-refractivity contribution in [2.24, 2.45) is 0 Å². The molecule has 1 aliphatic carbocycles. The van der Waals surface area contributed by atoms with Gasteiger partial charge in [0.25, 0.3) is 11.8 Å². The summed E-state index contributed by atoms with van der Waals surface area (Å²) in [7, 11) is 0. The summed E-state index contributed by atoms with van der Waals surface area (Å²) in [6.07, 6.45) is 1.17. The highest BCUT2D eigenvalue weighted by Crippen LogP contribution is 2.41. The summed E-state index contributed by atoms with van der Waals surface area (Å²) in [6.45, 7) is 4.58. The molecule has 4 rings (SSSR count). The van der Waals surface area contributed by atoms with Crippen LogP contribution in [0.1, 0.15) is 41.8 Å². The summed E-state index contributed by atoms with van der Waals surface area (Å²) in [5, 5.41) is 5.51. The zero-order valence-corrected chi connectivity index (χ0v) is 18.2. The van der Waals surface area contributed by atoms with Gasteiger partial charge < -0.3 is 15.5 Å². The van der Waals surface area contributed by atoms with Crippen LogP contribution in [0.3, 0.4) is 0 Å². The SMILES string of the molecule is CCN(CC)C(=O)c1cccc(NC(=O)CN2C(=O)NC3(CCc4ccccc43)C2=O)c1. The smallest absolute Gasteiger partial charge is 0.325 e. The van der Waals surface area contributed by atoms with Gasteiger partial charge in [-0.25, -0.2) is 4.79 Å². The minimum atomic E-state index is -1.09. The number of fused-ring (bicyclic) bond motifs is 2. The second-order valence-electron chi connectivity index (χ2n) is 7.99. The van der Waals surface area contributed by atoms with Gasteiger partial charge in [-0.05, 0) is 56.0 Å². The number of hydrogen-bond donors (Lipinski definition) is 2. The Morgan fingerprint density at radius 1 is 1.09 bits per heavy atom. The molecule has 0 radical (unpaired) electrons. The maximum Gasteiger partial charge on any atom is 0.325 e. The molecule has 32 heavy (non-hydrogen) atoms. The van der Waals surface area contributed by atoms with Crippen LogP contribution in [0.25, 0.3) is 0 Å². The Bertz CT molecular complexity index is 1090. The van der Waals surface area contributed by atoms with Crippen molar-refractivity contribution in [3.8, 4) is 0 Å². The van der Waals surface area contributed by atoms with Gasteiger partial charge in [0, 0.05) is 24.3 Å². The molecule has 1 atom stereocenters.